The lowest BCUT2D eigenvalue weighted by Gasteiger charge is -2.49. The molecule has 4 bridgehead atoms. The lowest BCUT2D eigenvalue weighted by atomic mass is 9.69. The number of carbonyl (C=O) groups excluding carboxylic acids is 2. The van der Waals surface area contributed by atoms with Crippen molar-refractivity contribution in [2.75, 3.05) is 86.2 Å². The van der Waals surface area contributed by atoms with Crippen LogP contribution in [0.1, 0.15) is 104 Å². The molecule has 6 N–H and O–H groups in total. The van der Waals surface area contributed by atoms with Gasteiger partial charge < -0.3 is 88.4 Å². The summed E-state index contributed by atoms with van der Waals surface area (Å²) in [5.41, 5.74) is -5.34. The molecule has 17 atom stereocenters. The zero-order valence-corrected chi connectivity index (χ0v) is 48.6. The van der Waals surface area contributed by atoms with Gasteiger partial charge in [-0.1, -0.05) is 25.9 Å². The maximum Gasteiger partial charge on any atom is 0.341 e. The lowest BCUT2D eigenvalue weighted by molar-refractivity contribution is -0.320. The first kappa shape index (κ1) is 63.0. The zero-order chi connectivity index (χ0) is 58.6. The number of hydrogen-bond donors (Lipinski definition) is 6. The molecule has 1 aromatic carbocycles. The van der Waals surface area contributed by atoms with Crippen LogP contribution in [-0.4, -0.2) is 229 Å². The van der Waals surface area contributed by atoms with Crippen molar-refractivity contribution in [2.24, 2.45) is 22.9 Å². The van der Waals surface area contributed by atoms with Crippen molar-refractivity contribution < 1.29 is 82.6 Å². The summed E-state index contributed by atoms with van der Waals surface area (Å²) in [6, 6.07) is 4.40. The van der Waals surface area contributed by atoms with Gasteiger partial charge in [0, 0.05) is 89.3 Å². The topological polar surface area (TPSA) is 292 Å². The molecule has 0 spiro atoms. The van der Waals surface area contributed by atoms with Gasteiger partial charge in [-0.05, 0) is 92.6 Å². The Hall–Kier alpha value is -4.57. The Labute approximate surface area is 468 Å². The number of nitrogens with zero attached hydrogens (tertiary/aromatic N) is 5. The third-order valence-corrected chi connectivity index (χ3v) is 17.1. The van der Waals surface area contributed by atoms with Crippen LogP contribution < -0.4 is 20.5 Å². The summed E-state index contributed by atoms with van der Waals surface area (Å²) in [4.78, 5) is 62.6. The second kappa shape index (κ2) is 26.3. The number of benzene rings is 1. The van der Waals surface area contributed by atoms with E-state index < -0.39 is 113 Å². The van der Waals surface area contributed by atoms with Gasteiger partial charge >= 0.3 is 17.9 Å². The molecule has 1 aromatic heterocycles. The standard InChI is InChI=1S/C56H88N6O18/c1-13-61-22-18-36-27-40(59(8)9)46(65)53(76-36)80-49-32(3)47(33(4)52(69)77-41-16-19-56(41,71)48(66)44(58-74-25-23-61)31(2)28-54(49,6)70)79-43-29-55(7,72-12)50(34(5)75-43)78-42(63)17-20-57-21-24-73-35-14-15-37-39(26-35)62(60(10)11)30-38(45(37)64)51(67)68/h14-15,26,30-34,36,40-41,43,46-50,53,57,65-66,70-71H,13,16-25,27-29H2,1-12H3,(H,67,68)/b58-44+/t31-,32+,33-,34+,36-,40+,41-,43+,46-,47+,48-,49-,50+,53+,54-,55-,56-/m1/s1. The number of esters is 2. The molecule has 1 aliphatic carbocycles. The van der Waals surface area contributed by atoms with Gasteiger partial charge in [-0.25, -0.2) is 4.79 Å². The summed E-state index contributed by atoms with van der Waals surface area (Å²) in [7, 11) is 8.69. The number of ether oxygens (including phenoxy) is 8. The molecular weight excluding hydrogens is 1040 g/mol. The fourth-order valence-corrected chi connectivity index (χ4v) is 12.1. The van der Waals surface area contributed by atoms with E-state index in [0.29, 0.717) is 50.3 Å². The minimum atomic E-state index is -1.92. The first-order valence-corrected chi connectivity index (χ1v) is 28.1. The van der Waals surface area contributed by atoms with Crippen molar-refractivity contribution in [3.63, 3.8) is 0 Å². The molecule has 3 saturated heterocycles. The number of fused-ring (bicyclic) bond motifs is 8. The second-order valence-corrected chi connectivity index (χ2v) is 23.4. The molecule has 4 fully saturated rings. The van der Waals surface area contributed by atoms with E-state index in [0.717, 1.165) is 0 Å². The molecule has 5 aliphatic rings. The van der Waals surface area contributed by atoms with E-state index in [9.17, 15) is 44.7 Å². The smallest absolute Gasteiger partial charge is 0.341 e. The van der Waals surface area contributed by atoms with E-state index in [-0.39, 0.29) is 80.7 Å². The Bertz CT molecular complexity index is 2550. The Morgan fingerprint density at radius 3 is 2.36 bits per heavy atom. The van der Waals surface area contributed by atoms with Crippen LogP contribution in [0.3, 0.4) is 0 Å². The molecule has 24 heteroatoms. The van der Waals surface area contributed by atoms with Gasteiger partial charge in [0.15, 0.2) is 18.7 Å². The molecular formula is C56H88N6O18. The van der Waals surface area contributed by atoms with Gasteiger partial charge in [-0.2, -0.15) is 0 Å². The summed E-state index contributed by atoms with van der Waals surface area (Å²) in [6.45, 7) is 15.1. The number of methoxy groups -OCH3 is 1. The number of aromatic nitrogens is 1. The summed E-state index contributed by atoms with van der Waals surface area (Å²) >= 11 is 0. The number of rotatable bonds is 15. The third kappa shape index (κ3) is 13.9. The highest BCUT2D eigenvalue weighted by molar-refractivity contribution is 5.93. The van der Waals surface area contributed by atoms with E-state index in [2.05, 4.69) is 15.4 Å². The van der Waals surface area contributed by atoms with Gasteiger partial charge in [0.25, 0.3) is 0 Å². The minimum absolute atomic E-state index is 0.0146. The lowest BCUT2D eigenvalue weighted by Crippen LogP contribution is -2.64. The Balaban J connectivity index is 1.08. The summed E-state index contributed by atoms with van der Waals surface area (Å²) in [5.74, 6) is -4.89. The van der Waals surface area contributed by atoms with Gasteiger partial charge in [-0.15, -0.1) is 0 Å². The largest absolute Gasteiger partial charge is 0.492 e. The molecule has 450 valence electrons. The number of carboxylic acids is 1. The Morgan fingerprint density at radius 1 is 0.975 bits per heavy atom. The van der Waals surface area contributed by atoms with Gasteiger partial charge in [0.1, 0.15) is 54.0 Å². The molecule has 2 aromatic rings. The quantitative estimate of drug-likeness (QED) is 0.110. The molecule has 80 heavy (non-hydrogen) atoms. The molecule has 0 radical (unpaired) electrons. The number of aromatic carboxylic acids is 1. The number of hydrogen-bond acceptors (Lipinski definition) is 22. The molecule has 4 aliphatic heterocycles. The van der Waals surface area contributed by atoms with Crippen LogP contribution in [-0.2, 0) is 47.6 Å². The van der Waals surface area contributed by atoms with E-state index in [1.807, 2.05) is 25.9 Å². The monoisotopic (exact) mass is 1130 g/mol. The second-order valence-electron chi connectivity index (χ2n) is 23.4. The molecule has 0 unspecified atom stereocenters. The van der Waals surface area contributed by atoms with Crippen LogP contribution in [0, 0.1) is 17.8 Å². The van der Waals surface area contributed by atoms with Crippen LogP contribution >= 0.6 is 0 Å². The Morgan fingerprint density at radius 2 is 1.71 bits per heavy atom. The van der Waals surface area contributed by atoms with Crippen LogP contribution in [0.2, 0.25) is 0 Å². The SMILES string of the molecule is CCN1CCO/N=C2\[C@H](C)C[C@@](C)(O)[C@H](O[C@@H]3O[C@H](CC1)C[C@H](N(C)C)[C@H]3O)[C@@H](C)[C@H](O[C@H]1C[C@@](C)(OC)[C@@H](OC(=O)CCNCCOc3ccc4c(=O)c(C(=O)O)cn(N(C)C)c4c3)[C@H](C)O1)[C@@H](C)C(=O)O[C@@H]1CC[C@]1(O)[C@@H]2O. The third-order valence-electron chi connectivity index (χ3n) is 17.1. The average Bonchev–Trinajstić information content (AvgIpc) is 3.42. The highest BCUT2D eigenvalue weighted by Gasteiger charge is 2.58. The number of nitrogens with one attached hydrogen (secondary N) is 1. The van der Waals surface area contributed by atoms with Crippen LogP contribution in [0.4, 0.5) is 0 Å². The van der Waals surface area contributed by atoms with Crippen LogP contribution in [0.5, 0.6) is 5.75 Å². The number of oxime groups is 1. The van der Waals surface area contributed by atoms with Crippen molar-refractivity contribution in [2.45, 2.75) is 178 Å². The molecule has 1 saturated carbocycles. The maximum atomic E-state index is 14.5. The van der Waals surface area contributed by atoms with Gasteiger partial charge in [0.2, 0.25) is 5.43 Å². The summed E-state index contributed by atoms with van der Waals surface area (Å²) in [5, 5.41) is 68.2. The number of aliphatic hydroxyl groups is 4. The van der Waals surface area contributed by atoms with E-state index >= 15 is 0 Å². The number of likely N-dealkylation sites (N-methyl/N-ethyl adjacent to an activating group) is 2. The first-order valence-electron chi connectivity index (χ1n) is 28.1. The normalized spacial score (nSPS) is 37.4. The van der Waals surface area contributed by atoms with E-state index in [1.54, 1.807) is 77.5 Å². The van der Waals surface area contributed by atoms with Crippen molar-refractivity contribution in [1.82, 2.24) is 19.8 Å². The van der Waals surface area contributed by atoms with Crippen molar-refractivity contribution in [3.05, 3.63) is 40.2 Å². The number of aliphatic hydroxyl groups excluding tert-OH is 2. The van der Waals surface area contributed by atoms with Crippen molar-refractivity contribution >= 4 is 34.5 Å². The molecule has 0 amide bonds. The highest BCUT2D eigenvalue weighted by atomic mass is 16.7. The number of carboxylic acid groups (broad SMARTS) is 1. The number of carbonyl (C=O) groups is 3. The van der Waals surface area contributed by atoms with Gasteiger partial charge in [-0.3, -0.25) is 19.1 Å². The predicted molar refractivity (Wildman–Crippen MR) is 292 cm³/mol. The molecule has 7 rings (SSSR count). The van der Waals surface area contributed by atoms with E-state index in [4.69, 9.17) is 42.7 Å². The fourth-order valence-electron chi connectivity index (χ4n) is 12.1. The van der Waals surface area contributed by atoms with Crippen molar-refractivity contribution in [1.29, 1.82) is 0 Å². The maximum absolute atomic E-state index is 14.5. The first-order chi connectivity index (χ1) is 37.7. The van der Waals surface area contributed by atoms with Crippen molar-refractivity contribution in [3.8, 4) is 5.75 Å². The van der Waals surface area contributed by atoms with E-state index in [1.165, 1.54) is 19.4 Å². The predicted octanol–water partition coefficient (Wildman–Crippen LogP) is 1.84. The van der Waals surface area contributed by atoms with Crippen LogP contribution in [0.25, 0.3) is 10.9 Å². The van der Waals surface area contributed by atoms with Crippen LogP contribution in [0.15, 0.2) is 34.3 Å². The Kier molecular flexibility index (Phi) is 20.8. The zero-order valence-electron chi connectivity index (χ0n) is 48.6. The summed E-state index contributed by atoms with van der Waals surface area (Å²) in [6.07, 6.45) is -8.04. The number of pyridine rings is 1. The minimum Gasteiger partial charge on any atom is -0.492 e. The molecule has 24 nitrogen and oxygen atoms in total. The molecule has 5 heterocycles. The average molecular weight is 1130 g/mol. The fraction of sp³-hybridized carbons (Fsp3) is 0.768. The van der Waals surface area contributed by atoms with Gasteiger partial charge in [0.05, 0.1) is 53.6 Å². The highest BCUT2D eigenvalue weighted by Crippen LogP contribution is 2.44. The summed E-state index contributed by atoms with van der Waals surface area (Å²) < 4.78 is 52.7.